The highest BCUT2D eigenvalue weighted by Gasteiger charge is 2.23. The Labute approximate surface area is 129 Å². The molecular formula is C13H12ClN3O3S. The number of nitro groups is 1. The van der Waals surface area contributed by atoms with Gasteiger partial charge in [0, 0.05) is 11.9 Å². The minimum Gasteiger partial charge on any atom is -0.383 e. The van der Waals surface area contributed by atoms with Gasteiger partial charge in [-0.25, -0.2) is 0 Å². The Morgan fingerprint density at radius 1 is 1.38 bits per heavy atom. The van der Waals surface area contributed by atoms with E-state index < -0.39 is 10.8 Å². The number of rotatable bonds is 5. The summed E-state index contributed by atoms with van der Waals surface area (Å²) >= 11 is 7.15. The third-order valence-corrected chi connectivity index (χ3v) is 4.02. The first kappa shape index (κ1) is 15.3. The largest absolute Gasteiger partial charge is 0.383 e. The van der Waals surface area contributed by atoms with Crippen LogP contribution >= 0.6 is 22.9 Å². The number of para-hydroxylation sites is 1. The summed E-state index contributed by atoms with van der Waals surface area (Å²) < 4.78 is 0.627. The summed E-state index contributed by atoms with van der Waals surface area (Å²) in [4.78, 5) is 23.6. The first-order chi connectivity index (χ1) is 10.0. The molecule has 8 heteroatoms. The quantitative estimate of drug-likeness (QED) is 0.652. The fourth-order valence-corrected chi connectivity index (χ4v) is 2.86. The Balaban J connectivity index is 2.20. The van der Waals surface area contributed by atoms with Crippen LogP contribution in [0.15, 0.2) is 30.3 Å². The molecule has 110 valence electrons. The van der Waals surface area contributed by atoms with Crippen molar-refractivity contribution in [1.29, 1.82) is 0 Å². The maximum Gasteiger partial charge on any atom is 0.305 e. The second kappa shape index (κ2) is 6.55. The monoisotopic (exact) mass is 325 g/mol. The van der Waals surface area contributed by atoms with Crippen LogP contribution in [0.3, 0.4) is 0 Å². The molecule has 0 bridgehead atoms. The molecule has 2 N–H and O–H groups in total. The number of hydrogen-bond donors (Lipinski definition) is 2. The first-order valence-electron chi connectivity index (χ1n) is 6.00. The minimum atomic E-state index is -0.567. The summed E-state index contributed by atoms with van der Waals surface area (Å²) in [6, 6.07) is 8.10. The highest BCUT2D eigenvalue weighted by atomic mass is 35.5. The summed E-state index contributed by atoms with van der Waals surface area (Å²) in [5.41, 5.74) is 0.0861. The van der Waals surface area contributed by atoms with Crippen molar-refractivity contribution >= 4 is 40.2 Å². The van der Waals surface area contributed by atoms with Gasteiger partial charge in [-0.15, -0.1) is 11.3 Å². The normalized spacial score (nSPS) is 10.2. The summed E-state index contributed by atoms with van der Waals surface area (Å²) in [5.74, 6) is -0.497. The van der Waals surface area contributed by atoms with Gasteiger partial charge in [0.2, 0.25) is 0 Å². The molecule has 0 unspecified atom stereocenters. The van der Waals surface area contributed by atoms with Crippen molar-refractivity contribution in [1.82, 2.24) is 5.32 Å². The van der Waals surface area contributed by atoms with Crippen LogP contribution in [0.25, 0.3) is 0 Å². The lowest BCUT2D eigenvalue weighted by Crippen LogP contribution is -2.23. The van der Waals surface area contributed by atoms with Crippen LogP contribution in [0.2, 0.25) is 4.34 Å². The zero-order valence-electron chi connectivity index (χ0n) is 11.1. The molecule has 2 rings (SSSR count). The highest BCUT2D eigenvalue weighted by molar-refractivity contribution is 7.16. The fraction of sp³-hybridized carbons (Fsp3) is 0.154. The van der Waals surface area contributed by atoms with Crippen LogP contribution in [0, 0.1) is 10.1 Å². The number of carbonyl (C=O) groups excluding carboxylic acids is 1. The lowest BCUT2D eigenvalue weighted by molar-refractivity contribution is -0.384. The lowest BCUT2D eigenvalue weighted by atomic mass is 10.1. The SMILES string of the molecule is CNc1cccc(C(=O)NCc2ccc(Cl)s2)c1[N+](=O)[O-]. The molecule has 0 aliphatic heterocycles. The van der Waals surface area contributed by atoms with Gasteiger partial charge < -0.3 is 10.6 Å². The van der Waals surface area contributed by atoms with Crippen LogP contribution in [0.4, 0.5) is 11.4 Å². The number of nitrogens with one attached hydrogen (secondary N) is 2. The molecule has 1 amide bonds. The zero-order chi connectivity index (χ0) is 15.4. The molecular weight excluding hydrogens is 314 g/mol. The first-order valence-corrected chi connectivity index (χ1v) is 7.20. The molecule has 0 radical (unpaired) electrons. The molecule has 0 aliphatic carbocycles. The van der Waals surface area contributed by atoms with Gasteiger partial charge in [0.05, 0.1) is 15.8 Å². The minimum absolute atomic E-state index is 0.0227. The molecule has 1 heterocycles. The lowest BCUT2D eigenvalue weighted by Gasteiger charge is -2.07. The molecule has 1 aromatic heterocycles. The molecule has 0 saturated carbocycles. The van der Waals surface area contributed by atoms with Crippen LogP contribution in [-0.4, -0.2) is 17.9 Å². The van der Waals surface area contributed by atoms with Crippen molar-refractivity contribution in [3.05, 3.63) is 55.2 Å². The van der Waals surface area contributed by atoms with E-state index in [1.807, 2.05) is 0 Å². The average Bonchev–Trinajstić information content (AvgIpc) is 2.89. The summed E-state index contributed by atoms with van der Waals surface area (Å²) in [6.45, 7) is 0.275. The number of anilines is 1. The maximum atomic E-state index is 12.1. The van der Waals surface area contributed by atoms with E-state index in [1.54, 1.807) is 31.3 Å². The van der Waals surface area contributed by atoms with Crippen molar-refractivity contribution in [3.8, 4) is 0 Å². The van der Waals surface area contributed by atoms with Crippen LogP contribution in [0.5, 0.6) is 0 Å². The molecule has 6 nitrogen and oxygen atoms in total. The van der Waals surface area contributed by atoms with Gasteiger partial charge in [0.25, 0.3) is 5.91 Å². The topological polar surface area (TPSA) is 84.3 Å². The number of amides is 1. The van der Waals surface area contributed by atoms with Crippen molar-refractivity contribution < 1.29 is 9.72 Å². The van der Waals surface area contributed by atoms with E-state index in [-0.39, 0.29) is 17.8 Å². The van der Waals surface area contributed by atoms with Gasteiger partial charge in [-0.05, 0) is 24.3 Å². The van der Waals surface area contributed by atoms with E-state index in [9.17, 15) is 14.9 Å². The van der Waals surface area contributed by atoms with Gasteiger partial charge in [-0.3, -0.25) is 14.9 Å². The van der Waals surface area contributed by atoms with Gasteiger partial charge in [0.1, 0.15) is 11.3 Å². The molecule has 2 aromatic rings. The van der Waals surface area contributed by atoms with E-state index in [1.165, 1.54) is 17.4 Å². The number of hydrogen-bond acceptors (Lipinski definition) is 5. The maximum absolute atomic E-state index is 12.1. The fourth-order valence-electron chi connectivity index (χ4n) is 1.83. The van der Waals surface area contributed by atoms with Crippen molar-refractivity contribution in [2.75, 3.05) is 12.4 Å². The predicted molar refractivity (Wildman–Crippen MR) is 83.1 cm³/mol. The molecule has 0 aliphatic rings. The van der Waals surface area contributed by atoms with Gasteiger partial charge >= 0.3 is 5.69 Å². The Morgan fingerprint density at radius 2 is 2.14 bits per heavy atom. The number of nitro benzene ring substituents is 1. The number of benzene rings is 1. The summed E-state index contributed by atoms with van der Waals surface area (Å²) in [6.07, 6.45) is 0. The van der Waals surface area contributed by atoms with E-state index >= 15 is 0 Å². The van der Waals surface area contributed by atoms with Crippen molar-refractivity contribution in [2.45, 2.75) is 6.54 Å². The average molecular weight is 326 g/mol. The predicted octanol–water partition coefficient (Wildman–Crippen LogP) is 3.28. The Bertz CT molecular complexity index is 687. The molecule has 1 aromatic carbocycles. The number of thiophene rings is 1. The van der Waals surface area contributed by atoms with Gasteiger partial charge in [0.15, 0.2) is 0 Å². The van der Waals surface area contributed by atoms with Crippen LogP contribution in [-0.2, 0) is 6.54 Å². The molecule has 21 heavy (non-hydrogen) atoms. The van der Waals surface area contributed by atoms with E-state index in [0.29, 0.717) is 10.0 Å². The van der Waals surface area contributed by atoms with Crippen molar-refractivity contribution in [2.24, 2.45) is 0 Å². The summed E-state index contributed by atoms with van der Waals surface area (Å²) in [7, 11) is 1.57. The third kappa shape index (κ3) is 3.50. The second-order valence-electron chi connectivity index (χ2n) is 4.10. The molecule has 0 atom stereocenters. The van der Waals surface area contributed by atoms with Gasteiger partial charge in [-0.2, -0.15) is 0 Å². The van der Waals surface area contributed by atoms with Gasteiger partial charge in [-0.1, -0.05) is 17.7 Å². The zero-order valence-corrected chi connectivity index (χ0v) is 12.6. The van der Waals surface area contributed by atoms with E-state index in [0.717, 1.165) is 4.88 Å². The number of halogens is 1. The smallest absolute Gasteiger partial charge is 0.305 e. The number of nitrogens with zero attached hydrogens (tertiary/aromatic N) is 1. The van der Waals surface area contributed by atoms with Crippen LogP contribution in [0.1, 0.15) is 15.2 Å². The Kier molecular flexibility index (Phi) is 4.77. The second-order valence-corrected chi connectivity index (χ2v) is 5.90. The molecule has 0 spiro atoms. The van der Waals surface area contributed by atoms with E-state index in [4.69, 9.17) is 11.6 Å². The number of carbonyl (C=O) groups is 1. The third-order valence-electron chi connectivity index (χ3n) is 2.78. The Morgan fingerprint density at radius 3 is 2.71 bits per heavy atom. The molecule has 0 saturated heterocycles. The Hall–Kier alpha value is -2.12. The molecule has 0 fully saturated rings. The van der Waals surface area contributed by atoms with E-state index in [2.05, 4.69) is 10.6 Å². The highest BCUT2D eigenvalue weighted by Crippen LogP contribution is 2.28. The van der Waals surface area contributed by atoms with Crippen molar-refractivity contribution in [3.63, 3.8) is 0 Å². The standard InChI is InChI=1S/C13H12ClN3O3S/c1-15-10-4-2-3-9(12(10)17(19)20)13(18)16-7-8-5-6-11(14)21-8/h2-6,15H,7H2,1H3,(H,16,18). The summed E-state index contributed by atoms with van der Waals surface area (Å²) in [5, 5.41) is 16.5. The van der Waals surface area contributed by atoms with Crippen LogP contribution < -0.4 is 10.6 Å².